The average Bonchev–Trinajstić information content (AvgIpc) is 2.89. The molecule has 2 N–H and O–H groups in total. The Morgan fingerprint density at radius 3 is 2.40 bits per heavy atom. The van der Waals surface area contributed by atoms with Crippen molar-refractivity contribution in [2.45, 2.75) is 64.6 Å². The van der Waals surface area contributed by atoms with Crippen molar-refractivity contribution in [1.29, 1.82) is 0 Å². The minimum absolute atomic E-state index is 0.267. The SMILES string of the molecule is CC(C)(C)[Si](C)(C)OCCCc1sc(N)nc1CCc1ccccc1. The van der Waals surface area contributed by atoms with Crippen molar-refractivity contribution in [3.8, 4) is 0 Å². The molecule has 0 bridgehead atoms. The van der Waals surface area contributed by atoms with Gasteiger partial charge in [-0.05, 0) is 49.4 Å². The smallest absolute Gasteiger partial charge is 0.191 e. The fraction of sp³-hybridized carbons (Fsp3) is 0.550. The molecule has 3 nitrogen and oxygen atoms in total. The Balaban J connectivity index is 1.86. The van der Waals surface area contributed by atoms with Crippen LogP contribution in [0.1, 0.15) is 43.3 Å². The lowest BCUT2D eigenvalue weighted by Gasteiger charge is -2.36. The van der Waals surface area contributed by atoms with Gasteiger partial charge >= 0.3 is 0 Å². The highest BCUT2D eigenvalue weighted by atomic mass is 32.1. The van der Waals surface area contributed by atoms with Crippen LogP contribution in [0.2, 0.25) is 18.1 Å². The molecule has 0 spiro atoms. The van der Waals surface area contributed by atoms with E-state index in [1.54, 1.807) is 11.3 Å². The van der Waals surface area contributed by atoms with E-state index in [1.807, 2.05) is 0 Å². The van der Waals surface area contributed by atoms with E-state index in [9.17, 15) is 0 Å². The van der Waals surface area contributed by atoms with E-state index in [2.05, 4.69) is 69.2 Å². The molecule has 25 heavy (non-hydrogen) atoms. The largest absolute Gasteiger partial charge is 0.417 e. The van der Waals surface area contributed by atoms with Crippen molar-refractivity contribution in [2.75, 3.05) is 12.3 Å². The zero-order valence-electron chi connectivity index (χ0n) is 16.3. The van der Waals surface area contributed by atoms with E-state index < -0.39 is 8.32 Å². The fourth-order valence-corrected chi connectivity index (χ4v) is 4.49. The minimum Gasteiger partial charge on any atom is -0.417 e. The first-order valence-electron chi connectivity index (χ1n) is 9.11. The summed E-state index contributed by atoms with van der Waals surface area (Å²) in [6.45, 7) is 12.3. The summed E-state index contributed by atoms with van der Waals surface area (Å²) in [6.07, 6.45) is 4.01. The van der Waals surface area contributed by atoms with Crippen molar-refractivity contribution in [1.82, 2.24) is 4.98 Å². The molecule has 0 saturated carbocycles. The van der Waals surface area contributed by atoms with Gasteiger partial charge in [0.1, 0.15) is 0 Å². The summed E-state index contributed by atoms with van der Waals surface area (Å²) < 4.78 is 6.28. The van der Waals surface area contributed by atoms with Gasteiger partial charge in [-0.25, -0.2) is 4.98 Å². The molecule has 2 aromatic rings. The van der Waals surface area contributed by atoms with Crippen molar-refractivity contribution >= 4 is 24.8 Å². The number of thiazole rings is 1. The highest BCUT2D eigenvalue weighted by Crippen LogP contribution is 2.36. The Labute approximate surface area is 157 Å². The molecule has 0 atom stereocenters. The van der Waals surface area contributed by atoms with Crippen LogP contribution in [0.4, 0.5) is 5.13 Å². The molecule has 1 aromatic carbocycles. The number of hydrogen-bond acceptors (Lipinski definition) is 4. The van der Waals surface area contributed by atoms with Gasteiger partial charge in [0.05, 0.1) is 5.69 Å². The van der Waals surface area contributed by atoms with Crippen LogP contribution < -0.4 is 5.73 Å². The Morgan fingerprint density at radius 1 is 1.08 bits per heavy atom. The Morgan fingerprint density at radius 2 is 1.76 bits per heavy atom. The van der Waals surface area contributed by atoms with Crippen molar-refractivity contribution < 1.29 is 4.43 Å². The van der Waals surface area contributed by atoms with Crippen LogP contribution >= 0.6 is 11.3 Å². The van der Waals surface area contributed by atoms with Crippen LogP contribution in [0.3, 0.4) is 0 Å². The third-order valence-corrected chi connectivity index (χ3v) is 10.6. The number of anilines is 1. The third-order valence-electron chi connectivity index (χ3n) is 5.11. The first-order chi connectivity index (χ1) is 11.7. The molecule has 138 valence electrons. The zero-order chi connectivity index (χ0) is 18.5. The maximum atomic E-state index is 6.28. The fourth-order valence-electron chi connectivity index (χ4n) is 2.48. The number of nitrogens with two attached hydrogens (primary N) is 1. The number of aromatic nitrogens is 1. The number of benzene rings is 1. The molecule has 5 heteroatoms. The van der Waals surface area contributed by atoms with Crippen LogP contribution in [0, 0.1) is 0 Å². The Bertz CT molecular complexity index is 662. The molecule has 0 aliphatic carbocycles. The van der Waals surface area contributed by atoms with E-state index in [1.165, 1.54) is 16.1 Å². The molecule has 0 radical (unpaired) electrons. The predicted octanol–water partition coefficient (Wildman–Crippen LogP) is 5.46. The maximum Gasteiger partial charge on any atom is 0.191 e. The molecular weight excluding hydrogens is 344 g/mol. The molecular formula is C20H32N2OSSi. The van der Waals surface area contributed by atoms with E-state index >= 15 is 0 Å². The third kappa shape index (κ3) is 5.94. The van der Waals surface area contributed by atoms with Crippen LogP contribution in [0.5, 0.6) is 0 Å². The monoisotopic (exact) mass is 376 g/mol. The lowest BCUT2D eigenvalue weighted by molar-refractivity contribution is 0.283. The van der Waals surface area contributed by atoms with E-state index in [0.29, 0.717) is 5.13 Å². The molecule has 1 aromatic heterocycles. The standard InChI is InChI=1S/C20H32N2OSSi/c1-20(2,3)25(4,5)23-15-9-12-18-17(22-19(21)24-18)14-13-16-10-7-6-8-11-16/h6-8,10-11H,9,12-15H2,1-5H3,(H2,21,22). The van der Waals surface area contributed by atoms with Crippen molar-refractivity contribution in [3.63, 3.8) is 0 Å². The molecule has 1 heterocycles. The van der Waals surface area contributed by atoms with Crippen molar-refractivity contribution in [2.24, 2.45) is 0 Å². The van der Waals surface area contributed by atoms with Crippen LogP contribution in [0.15, 0.2) is 30.3 Å². The normalized spacial score (nSPS) is 12.5. The lowest BCUT2D eigenvalue weighted by atomic mass is 10.1. The first-order valence-corrected chi connectivity index (χ1v) is 12.8. The number of nitrogen functional groups attached to an aromatic ring is 1. The highest BCUT2D eigenvalue weighted by Gasteiger charge is 2.36. The van der Waals surface area contributed by atoms with Crippen LogP contribution in [-0.4, -0.2) is 19.9 Å². The number of hydrogen-bond donors (Lipinski definition) is 1. The van der Waals surface area contributed by atoms with Crippen molar-refractivity contribution in [3.05, 3.63) is 46.5 Å². The summed E-state index contributed by atoms with van der Waals surface area (Å²) >= 11 is 1.64. The zero-order valence-corrected chi connectivity index (χ0v) is 18.1. The molecule has 0 aliphatic heterocycles. The van der Waals surface area contributed by atoms with E-state index in [-0.39, 0.29) is 5.04 Å². The summed E-state index contributed by atoms with van der Waals surface area (Å²) in [5.41, 5.74) is 8.48. The van der Waals surface area contributed by atoms with Crippen LogP contribution in [-0.2, 0) is 23.7 Å². The number of aryl methyl sites for hydroxylation is 3. The second kappa shape index (κ2) is 8.47. The first kappa shape index (κ1) is 20.1. The van der Waals surface area contributed by atoms with Gasteiger partial charge in [0, 0.05) is 11.5 Å². The number of nitrogens with zero attached hydrogens (tertiary/aromatic N) is 1. The molecule has 0 aliphatic rings. The topological polar surface area (TPSA) is 48.1 Å². The highest BCUT2D eigenvalue weighted by molar-refractivity contribution is 7.15. The maximum absolute atomic E-state index is 6.28. The molecule has 2 rings (SSSR count). The summed E-state index contributed by atoms with van der Waals surface area (Å²) in [5.74, 6) is 0. The average molecular weight is 377 g/mol. The van der Waals surface area contributed by atoms with Gasteiger partial charge in [-0.15, -0.1) is 11.3 Å². The van der Waals surface area contributed by atoms with Gasteiger partial charge in [-0.1, -0.05) is 51.1 Å². The van der Waals surface area contributed by atoms with E-state index in [4.69, 9.17) is 10.2 Å². The van der Waals surface area contributed by atoms with Gasteiger partial charge in [0.25, 0.3) is 0 Å². The molecule has 0 amide bonds. The second-order valence-corrected chi connectivity index (χ2v) is 14.0. The summed E-state index contributed by atoms with van der Waals surface area (Å²) in [7, 11) is -1.65. The second-order valence-electron chi connectivity index (χ2n) is 8.12. The summed E-state index contributed by atoms with van der Waals surface area (Å²) in [6, 6.07) is 10.6. The molecule has 0 fully saturated rings. The van der Waals surface area contributed by atoms with Gasteiger partial charge in [0.2, 0.25) is 0 Å². The van der Waals surface area contributed by atoms with Gasteiger partial charge in [0.15, 0.2) is 13.4 Å². The van der Waals surface area contributed by atoms with Gasteiger partial charge in [-0.2, -0.15) is 0 Å². The predicted molar refractivity (Wildman–Crippen MR) is 112 cm³/mol. The van der Waals surface area contributed by atoms with Gasteiger partial charge in [-0.3, -0.25) is 0 Å². The lowest BCUT2D eigenvalue weighted by Crippen LogP contribution is -2.41. The molecule has 0 saturated heterocycles. The quantitative estimate of drug-likeness (QED) is 0.491. The van der Waals surface area contributed by atoms with E-state index in [0.717, 1.165) is 32.3 Å². The minimum atomic E-state index is -1.65. The van der Waals surface area contributed by atoms with Gasteiger partial charge < -0.3 is 10.2 Å². The number of rotatable bonds is 8. The Hall–Kier alpha value is -1.17. The Kier molecular flexibility index (Phi) is 6.83. The summed E-state index contributed by atoms with van der Waals surface area (Å²) in [4.78, 5) is 5.88. The molecule has 0 unspecified atom stereocenters. The van der Waals surface area contributed by atoms with Crippen LogP contribution in [0.25, 0.3) is 0 Å². The summed E-state index contributed by atoms with van der Waals surface area (Å²) in [5, 5.41) is 0.950.